The van der Waals surface area contributed by atoms with Gasteiger partial charge in [0.15, 0.2) is 0 Å². The number of esters is 1. The molecular formula is C28H21N3O5S3. The zero-order valence-electron chi connectivity index (χ0n) is 20.5. The van der Waals surface area contributed by atoms with Gasteiger partial charge in [0.05, 0.1) is 22.2 Å². The second kappa shape index (κ2) is 9.69. The summed E-state index contributed by atoms with van der Waals surface area (Å²) in [4.78, 5) is 14.4. The number of fused-ring (bicyclic) bond motifs is 1. The molecule has 1 aliphatic heterocycles. The second-order valence-electron chi connectivity index (χ2n) is 9.06. The van der Waals surface area contributed by atoms with E-state index in [9.17, 15) is 18.3 Å². The van der Waals surface area contributed by atoms with Gasteiger partial charge in [-0.2, -0.15) is 8.75 Å². The number of cyclic esters (lactones) is 1. The zero-order chi connectivity index (χ0) is 27.2. The minimum atomic E-state index is -3.82. The molecule has 2 N–H and O–H groups in total. The molecule has 0 aliphatic carbocycles. The number of hydrogen-bond acceptors (Lipinski definition) is 9. The second-order valence-corrected chi connectivity index (χ2v) is 12.3. The van der Waals surface area contributed by atoms with Crippen LogP contribution >= 0.6 is 23.1 Å². The molecule has 6 rings (SSSR count). The number of carbonyl (C=O) groups excluding carboxylic acids is 1. The maximum Gasteiger partial charge on any atom is 0.342 e. The van der Waals surface area contributed by atoms with Crippen LogP contribution in [0.4, 0.5) is 5.69 Å². The molecule has 0 bridgehead atoms. The van der Waals surface area contributed by atoms with Crippen LogP contribution in [0.3, 0.4) is 0 Å². The number of rotatable bonds is 7. The summed E-state index contributed by atoms with van der Waals surface area (Å²) in [6.07, 6.45) is 0.282. The Labute approximate surface area is 232 Å². The molecule has 0 spiro atoms. The average molecular weight is 576 g/mol. The Morgan fingerprint density at radius 2 is 1.74 bits per heavy atom. The fourth-order valence-electron chi connectivity index (χ4n) is 4.63. The number of carbonyl (C=O) groups is 1. The molecule has 8 nitrogen and oxygen atoms in total. The van der Waals surface area contributed by atoms with Crippen molar-refractivity contribution in [3.05, 3.63) is 111 Å². The van der Waals surface area contributed by atoms with Gasteiger partial charge in [-0.15, -0.1) is 11.3 Å². The maximum atomic E-state index is 13.3. The first-order chi connectivity index (χ1) is 18.7. The summed E-state index contributed by atoms with van der Waals surface area (Å²) in [5.41, 5.74) is 3.83. The van der Waals surface area contributed by atoms with Crippen LogP contribution in [-0.4, -0.2) is 28.2 Å². The van der Waals surface area contributed by atoms with Crippen molar-refractivity contribution in [2.24, 2.45) is 0 Å². The first-order valence-electron chi connectivity index (χ1n) is 11.9. The third-order valence-corrected chi connectivity index (χ3v) is 9.52. The van der Waals surface area contributed by atoms with Crippen molar-refractivity contribution in [1.29, 1.82) is 0 Å². The van der Waals surface area contributed by atoms with Gasteiger partial charge in [-0.1, -0.05) is 42.5 Å². The lowest BCUT2D eigenvalue weighted by Gasteiger charge is -2.25. The Morgan fingerprint density at radius 1 is 0.974 bits per heavy atom. The van der Waals surface area contributed by atoms with Gasteiger partial charge in [0.2, 0.25) is 0 Å². The van der Waals surface area contributed by atoms with Gasteiger partial charge in [0.1, 0.15) is 11.0 Å². The quantitative estimate of drug-likeness (QED) is 0.254. The van der Waals surface area contributed by atoms with Crippen molar-refractivity contribution in [1.82, 2.24) is 8.75 Å². The van der Waals surface area contributed by atoms with Crippen molar-refractivity contribution in [2.75, 3.05) is 4.72 Å². The minimum Gasteiger partial charge on any atom is -0.421 e. The number of anilines is 1. The van der Waals surface area contributed by atoms with E-state index < -0.39 is 21.8 Å². The fourth-order valence-corrected chi connectivity index (χ4v) is 7.17. The normalized spacial score (nSPS) is 17.5. The lowest BCUT2D eigenvalue weighted by atomic mass is 9.89. The van der Waals surface area contributed by atoms with Crippen LogP contribution in [0.15, 0.2) is 94.7 Å². The smallest absolute Gasteiger partial charge is 0.342 e. The van der Waals surface area contributed by atoms with Crippen LogP contribution in [0, 0.1) is 6.92 Å². The molecule has 0 amide bonds. The summed E-state index contributed by atoms with van der Waals surface area (Å²) < 4.78 is 42.6. The van der Waals surface area contributed by atoms with Crippen LogP contribution in [-0.2, 0) is 31.8 Å². The topological polar surface area (TPSA) is 118 Å². The Balaban J connectivity index is 1.39. The number of aryl methyl sites for hydroxylation is 1. The molecule has 1 aliphatic rings. The highest BCUT2D eigenvalue weighted by Crippen LogP contribution is 2.45. The summed E-state index contributed by atoms with van der Waals surface area (Å²) >= 11 is 2.59. The van der Waals surface area contributed by atoms with Gasteiger partial charge in [-0.05, 0) is 59.8 Å². The van der Waals surface area contributed by atoms with Gasteiger partial charge in [-0.3, -0.25) is 4.72 Å². The fraction of sp³-hybridized carbons (Fsp3) is 0.107. The first-order valence-corrected chi connectivity index (χ1v) is 15.0. The Hall–Kier alpha value is -3.90. The lowest BCUT2D eigenvalue weighted by Crippen LogP contribution is -2.29. The Bertz CT molecular complexity index is 1840. The minimum absolute atomic E-state index is 0.176. The largest absolute Gasteiger partial charge is 0.421 e. The highest BCUT2D eigenvalue weighted by atomic mass is 32.2. The van der Waals surface area contributed by atoms with Crippen LogP contribution in [0.1, 0.15) is 21.6 Å². The predicted molar refractivity (Wildman–Crippen MR) is 151 cm³/mol. The SMILES string of the molecule is Cc1ccccc1S(=O)(=O)Nc1ccc(C2(O)OC(=O)C(c3ccc4nsnc4c3)=C2Cc2cccs2)cc1. The van der Waals surface area contributed by atoms with Crippen LogP contribution < -0.4 is 4.72 Å². The number of ether oxygens (including phenoxy) is 1. The maximum absolute atomic E-state index is 13.3. The molecule has 2 aromatic heterocycles. The number of nitrogens with zero attached hydrogens (tertiary/aromatic N) is 2. The molecule has 3 aromatic carbocycles. The molecule has 196 valence electrons. The van der Waals surface area contributed by atoms with Gasteiger partial charge in [0, 0.05) is 28.1 Å². The average Bonchev–Trinajstić information content (AvgIpc) is 3.65. The summed E-state index contributed by atoms with van der Waals surface area (Å²) in [7, 11) is -3.82. The number of aromatic nitrogens is 2. The molecule has 1 unspecified atom stereocenters. The molecule has 11 heteroatoms. The third-order valence-electron chi connectivity index (χ3n) is 6.54. The molecular weight excluding hydrogens is 555 g/mol. The number of aliphatic hydroxyl groups is 1. The molecule has 0 saturated heterocycles. The molecule has 1 atom stereocenters. The van der Waals surface area contributed by atoms with E-state index in [0.717, 1.165) is 22.1 Å². The van der Waals surface area contributed by atoms with Crippen LogP contribution in [0.2, 0.25) is 0 Å². The molecule has 3 heterocycles. The van der Waals surface area contributed by atoms with Gasteiger partial charge < -0.3 is 9.84 Å². The molecule has 0 radical (unpaired) electrons. The summed E-state index contributed by atoms with van der Waals surface area (Å²) in [6.45, 7) is 1.73. The third kappa shape index (κ3) is 4.63. The van der Waals surface area contributed by atoms with Crippen molar-refractivity contribution in [3.8, 4) is 0 Å². The predicted octanol–water partition coefficient (Wildman–Crippen LogP) is 5.26. The van der Waals surface area contributed by atoms with E-state index >= 15 is 0 Å². The van der Waals surface area contributed by atoms with E-state index in [2.05, 4.69) is 13.5 Å². The molecule has 39 heavy (non-hydrogen) atoms. The highest BCUT2D eigenvalue weighted by Gasteiger charge is 2.48. The number of sulfonamides is 1. The van der Waals surface area contributed by atoms with E-state index in [1.807, 2.05) is 17.5 Å². The lowest BCUT2D eigenvalue weighted by molar-refractivity contribution is -0.185. The molecule has 0 fully saturated rings. The standard InChI is InChI=1S/C28H21N3O5S3/c1-17-5-2-3-7-25(17)39(34,35)31-20-11-9-19(10-12-20)28(33)22(16-21-6-4-14-37-21)26(27(32)36-28)18-8-13-23-24(15-18)30-38-29-23/h2-15,31,33H,16H2,1H3. The van der Waals surface area contributed by atoms with Crippen molar-refractivity contribution < 1.29 is 23.1 Å². The Morgan fingerprint density at radius 3 is 2.49 bits per heavy atom. The number of nitrogens with one attached hydrogen (secondary N) is 1. The van der Waals surface area contributed by atoms with E-state index in [1.54, 1.807) is 55.5 Å². The molecule has 0 saturated carbocycles. The van der Waals surface area contributed by atoms with Gasteiger partial charge >= 0.3 is 5.97 Å². The highest BCUT2D eigenvalue weighted by molar-refractivity contribution is 7.92. The number of benzene rings is 3. The van der Waals surface area contributed by atoms with E-state index in [1.165, 1.54) is 29.5 Å². The van der Waals surface area contributed by atoms with E-state index in [-0.39, 0.29) is 16.9 Å². The monoisotopic (exact) mass is 575 g/mol. The van der Waals surface area contributed by atoms with Gasteiger partial charge in [0.25, 0.3) is 15.8 Å². The summed E-state index contributed by atoms with van der Waals surface area (Å²) in [5.74, 6) is -2.70. The van der Waals surface area contributed by atoms with Crippen molar-refractivity contribution in [2.45, 2.75) is 24.0 Å². The summed E-state index contributed by atoms with van der Waals surface area (Å²) in [5, 5.41) is 13.8. The Kier molecular flexibility index (Phi) is 6.31. The van der Waals surface area contributed by atoms with E-state index in [4.69, 9.17) is 4.74 Å². The molecule has 5 aromatic rings. The van der Waals surface area contributed by atoms with E-state index in [0.29, 0.717) is 33.5 Å². The first kappa shape index (κ1) is 25.4. The van der Waals surface area contributed by atoms with Gasteiger partial charge in [-0.25, -0.2) is 13.2 Å². The zero-order valence-corrected chi connectivity index (χ0v) is 22.9. The van der Waals surface area contributed by atoms with Crippen molar-refractivity contribution in [3.63, 3.8) is 0 Å². The summed E-state index contributed by atoms with van der Waals surface area (Å²) in [6, 6.07) is 22.0. The number of thiophene rings is 1. The van der Waals surface area contributed by atoms with Crippen LogP contribution in [0.5, 0.6) is 0 Å². The van der Waals surface area contributed by atoms with Crippen molar-refractivity contribution >= 4 is 61.4 Å². The van der Waals surface area contributed by atoms with Crippen LogP contribution in [0.25, 0.3) is 16.6 Å². The number of hydrogen-bond donors (Lipinski definition) is 2.